The van der Waals surface area contributed by atoms with E-state index in [-0.39, 0.29) is 0 Å². The molecule has 3 heteroatoms. The van der Waals surface area contributed by atoms with Gasteiger partial charge in [-0.25, -0.2) is 0 Å². The van der Waals surface area contributed by atoms with Crippen LogP contribution < -0.4 is 20.7 Å². The summed E-state index contributed by atoms with van der Waals surface area (Å²) in [5.74, 6) is 0.349. The van der Waals surface area contributed by atoms with E-state index in [9.17, 15) is 0 Å². The molecule has 0 N–H and O–H groups in total. The van der Waals surface area contributed by atoms with E-state index in [1.807, 2.05) is 11.3 Å². The first-order chi connectivity index (χ1) is 47.4. The first-order valence-corrected chi connectivity index (χ1v) is 36.4. The minimum Gasteiger partial charge on any atom is -0.309 e. The van der Waals surface area contributed by atoms with Gasteiger partial charge in [-0.1, -0.05) is 297 Å². The molecule has 1 aliphatic heterocycles. The Kier molecular flexibility index (Phi) is 13.2. The minimum absolute atomic E-state index is 0.349. The zero-order valence-electron chi connectivity index (χ0n) is 53.0. The van der Waals surface area contributed by atoms with Crippen molar-refractivity contribution in [2.75, 3.05) is 0 Å². The SMILES string of the molecule is Cc1ccc2c(-c3ccc(-c4ccc(-c5ccc6c(c5)c5cc(-c7ccc(C8=CCC(c9cccc%10ccccc9%10)C=C8)cc7)ccc5n6-c5ccc6c(c5)[Si](c5ccccc5)(c5ccccc5)c5cc(-c7ccc8sc9ccccc9c8c7)ccc5-6)cc4)cc3)cccc2c1. The second-order valence-electron chi connectivity index (χ2n) is 26.3. The quantitative estimate of drug-likeness (QED) is 0.120. The molecule has 19 rings (SSSR count). The van der Waals surface area contributed by atoms with Gasteiger partial charge in [-0.15, -0.1) is 11.3 Å². The number of hydrogen-bond acceptors (Lipinski definition) is 1. The molecule has 0 saturated heterocycles. The number of aryl methyl sites for hydroxylation is 1. The molecule has 96 heavy (non-hydrogen) atoms. The summed E-state index contributed by atoms with van der Waals surface area (Å²) in [6.45, 7) is 2.16. The first kappa shape index (κ1) is 56.1. The zero-order valence-corrected chi connectivity index (χ0v) is 54.9. The monoisotopic (exact) mass is 1250 g/mol. The molecule has 0 fully saturated rings. The third-order valence-corrected chi connectivity index (χ3v) is 26.9. The van der Waals surface area contributed by atoms with Gasteiger partial charge < -0.3 is 4.57 Å². The van der Waals surface area contributed by atoms with Crippen LogP contribution in [0.1, 0.15) is 29.0 Å². The number of thiophene rings is 1. The van der Waals surface area contributed by atoms with Crippen LogP contribution in [0.4, 0.5) is 0 Å². The van der Waals surface area contributed by atoms with Crippen LogP contribution >= 0.6 is 11.3 Å². The Bertz CT molecular complexity index is 5980. The van der Waals surface area contributed by atoms with Crippen LogP contribution in [-0.4, -0.2) is 12.6 Å². The van der Waals surface area contributed by atoms with Crippen molar-refractivity contribution in [3.63, 3.8) is 0 Å². The highest BCUT2D eigenvalue weighted by atomic mass is 32.1. The van der Waals surface area contributed by atoms with E-state index in [1.165, 1.54) is 173 Å². The first-order valence-electron chi connectivity index (χ1n) is 33.5. The Morgan fingerprint density at radius 2 is 0.844 bits per heavy atom. The fourth-order valence-electron chi connectivity index (χ4n) is 16.2. The number of rotatable bonds is 10. The fourth-order valence-corrected chi connectivity index (χ4v) is 22.5. The van der Waals surface area contributed by atoms with Gasteiger partial charge in [0, 0.05) is 42.6 Å². The van der Waals surface area contributed by atoms with Crippen molar-refractivity contribution in [3.8, 4) is 72.4 Å². The second-order valence-corrected chi connectivity index (χ2v) is 31.1. The molecule has 0 saturated carbocycles. The average molecular weight is 1250 g/mol. The lowest BCUT2D eigenvalue weighted by molar-refractivity contribution is 0.865. The van der Waals surface area contributed by atoms with E-state index >= 15 is 0 Å². The number of nitrogens with zero attached hydrogens (tertiary/aromatic N) is 1. The molecule has 0 spiro atoms. The van der Waals surface area contributed by atoms with Crippen LogP contribution in [0.15, 0.2) is 346 Å². The molecule has 1 aliphatic carbocycles. The third kappa shape index (κ3) is 9.18. The predicted octanol–water partition coefficient (Wildman–Crippen LogP) is 22.6. The summed E-state index contributed by atoms with van der Waals surface area (Å²) in [6.07, 6.45) is 8.13. The van der Waals surface area contributed by atoms with Gasteiger partial charge >= 0.3 is 0 Å². The molecule has 1 unspecified atom stereocenters. The highest BCUT2D eigenvalue weighted by Gasteiger charge is 2.49. The summed E-state index contributed by atoms with van der Waals surface area (Å²) in [4.78, 5) is 0. The van der Waals surface area contributed by atoms with Gasteiger partial charge in [-0.2, -0.15) is 0 Å². The molecular weight excluding hydrogens is 1190 g/mol. The van der Waals surface area contributed by atoms with Gasteiger partial charge in [0.25, 0.3) is 0 Å². The van der Waals surface area contributed by atoms with Crippen LogP contribution in [0.25, 0.3) is 142 Å². The lowest BCUT2D eigenvalue weighted by atomic mass is 9.85. The normalized spacial score (nSPS) is 14.1. The maximum absolute atomic E-state index is 2.99. The summed E-state index contributed by atoms with van der Waals surface area (Å²) >= 11 is 1.88. The van der Waals surface area contributed by atoms with Crippen molar-refractivity contribution in [2.45, 2.75) is 19.3 Å². The van der Waals surface area contributed by atoms with E-state index in [4.69, 9.17) is 0 Å². The summed E-state index contributed by atoms with van der Waals surface area (Å²) in [5, 5.41) is 15.9. The largest absolute Gasteiger partial charge is 0.309 e. The second kappa shape index (κ2) is 22.6. The average Bonchev–Trinajstić information content (AvgIpc) is 1.52. The van der Waals surface area contributed by atoms with E-state index in [0.29, 0.717) is 5.92 Å². The molecule has 0 bridgehead atoms. The number of benzene rings is 15. The summed E-state index contributed by atoms with van der Waals surface area (Å²) < 4.78 is 5.19. The van der Waals surface area contributed by atoms with Crippen LogP contribution in [-0.2, 0) is 0 Å². The molecule has 1 nitrogen and oxygen atoms in total. The lowest BCUT2D eigenvalue weighted by Gasteiger charge is -2.32. The molecule has 2 aromatic heterocycles. The van der Waals surface area contributed by atoms with Crippen molar-refractivity contribution in [2.24, 2.45) is 0 Å². The van der Waals surface area contributed by atoms with Crippen LogP contribution in [0.2, 0.25) is 0 Å². The lowest BCUT2D eigenvalue weighted by Crippen LogP contribution is -2.72. The van der Waals surface area contributed by atoms with Crippen LogP contribution in [0, 0.1) is 6.92 Å². The van der Waals surface area contributed by atoms with E-state index in [1.54, 1.807) is 0 Å². The van der Waals surface area contributed by atoms with E-state index in [2.05, 4.69) is 357 Å². The van der Waals surface area contributed by atoms with Gasteiger partial charge in [0.15, 0.2) is 8.07 Å². The Hall–Kier alpha value is -11.5. The van der Waals surface area contributed by atoms with Crippen molar-refractivity contribution in [3.05, 3.63) is 363 Å². The Balaban J connectivity index is 0.727. The molecule has 450 valence electrons. The maximum Gasteiger partial charge on any atom is 0.180 e. The summed E-state index contributed by atoms with van der Waals surface area (Å²) in [5.41, 5.74) is 23.5. The molecule has 0 radical (unpaired) electrons. The number of allylic oxidation sites excluding steroid dienone is 4. The van der Waals surface area contributed by atoms with Gasteiger partial charge in [0.1, 0.15) is 0 Å². The Morgan fingerprint density at radius 3 is 1.53 bits per heavy atom. The third-order valence-electron chi connectivity index (χ3n) is 20.9. The number of hydrogen-bond donors (Lipinski definition) is 0. The predicted molar refractivity (Wildman–Crippen MR) is 414 cm³/mol. The topological polar surface area (TPSA) is 4.93 Å². The zero-order chi connectivity index (χ0) is 63.4. The van der Waals surface area contributed by atoms with E-state index < -0.39 is 8.07 Å². The molecule has 3 heterocycles. The van der Waals surface area contributed by atoms with Crippen molar-refractivity contribution < 1.29 is 0 Å². The Labute approximate surface area is 564 Å². The molecule has 2 aliphatic rings. The highest BCUT2D eigenvalue weighted by Crippen LogP contribution is 2.43. The molecular formula is C93H63NSSi. The van der Waals surface area contributed by atoms with Crippen molar-refractivity contribution in [1.82, 2.24) is 4.57 Å². The van der Waals surface area contributed by atoms with Gasteiger partial charge in [-0.05, 0) is 194 Å². The van der Waals surface area contributed by atoms with Gasteiger partial charge in [-0.3, -0.25) is 0 Å². The summed E-state index contributed by atoms with van der Waals surface area (Å²) in [6, 6.07) is 124. The Morgan fingerprint density at radius 1 is 0.333 bits per heavy atom. The molecule has 15 aromatic carbocycles. The van der Waals surface area contributed by atoms with Crippen LogP contribution in [0.5, 0.6) is 0 Å². The van der Waals surface area contributed by atoms with E-state index in [0.717, 1.165) is 12.1 Å². The van der Waals surface area contributed by atoms with Gasteiger partial charge in [0.2, 0.25) is 0 Å². The van der Waals surface area contributed by atoms with Crippen molar-refractivity contribution in [1.29, 1.82) is 0 Å². The maximum atomic E-state index is 2.58. The molecule has 0 amide bonds. The standard InChI is InChI=1S/C93H63NSSi/c1-60-26-48-81-74(54-60)16-13-24-80(81)69-41-37-64(38-42-69)62-29-33-66(34-30-62)71-45-52-89-86(56-71)85-55-70(65-31-27-61(28-32-65)63-35-39-68(40-36-63)79-23-12-15-67-14-8-9-21-78(67)79)44-51-88(85)94(89)75-47-50-84-83-49-43-73(72-46-53-91-87(57-72)82-22-10-11-25-90(82)95-91)58-92(83)96(93(84)59-75,76-17-4-2-5-18-76)77-19-6-3-7-20-77/h2-39,41-59,68H,40H2,1H3. The van der Waals surface area contributed by atoms with Crippen molar-refractivity contribution >= 4 is 109 Å². The fraction of sp³-hybridized carbons (Fsp3) is 0.0323. The molecule has 17 aromatic rings. The number of fused-ring (bicyclic) bond motifs is 11. The number of aromatic nitrogens is 1. The van der Waals surface area contributed by atoms with Crippen LogP contribution in [0.3, 0.4) is 0 Å². The highest BCUT2D eigenvalue weighted by molar-refractivity contribution is 7.25. The smallest absolute Gasteiger partial charge is 0.180 e. The minimum atomic E-state index is -2.99. The van der Waals surface area contributed by atoms with Gasteiger partial charge in [0.05, 0.1) is 11.0 Å². The summed E-state index contributed by atoms with van der Waals surface area (Å²) in [7, 11) is -2.99. The molecule has 1 atom stereocenters.